The largest absolute Gasteiger partial charge is 0.323 e. The van der Waals surface area contributed by atoms with Gasteiger partial charge in [0.05, 0.1) is 11.9 Å². The van der Waals surface area contributed by atoms with Gasteiger partial charge in [-0.1, -0.05) is 6.07 Å². The molecule has 1 aromatic heterocycles. The van der Waals surface area contributed by atoms with Crippen molar-refractivity contribution in [1.29, 1.82) is 0 Å². The van der Waals surface area contributed by atoms with Gasteiger partial charge in [-0.3, -0.25) is 0 Å². The zero-order chi connectivity index (χ0) is 6.69. The van der Waals surface area contributed by atoms with Crippen molar-refractivity contribution < 1.29 is 0 Å². The van der Waals surface area contributed by atoms with Crippen molar-refractivity contribution >= 4 is 0 Å². The van der Waals surface area contributed by atoms with Gasteiger partial charge in [0.25, 0.3) is 0 Å². The van der Waals surface area contributed by atoms with Crippen molar-refractivity contribution in [3.63, 3.8) is 0 Å². The number of pyridine rings is 1. The van der Waals surface area contributed by atoms with Crippen molar-refractivity contribution in [3.05, 3.63) is 30.1 Å². The summed E-state index contributed by atoms with van der Waals surface area (Å²) in [6, 6.07) is 5.54. The SMILES string of the molecule is CC(N)c1ccc[c]n1. The Hall–Kier alpha value is -0.890. The first-order valence-corrected chi connectivity index (χ1v) is 2.89. The minimum Gasteiger partial charge on any atom is -0.323 e. The number of hydrogen-bond acceptors (Lipinski definition) is 2. The molecule has 0 amide bonds. The lowest BCUT2D eigenvalue weighted by Gasteiger charge is -2.00. The maximum absolute atomic E-state index is 5.53. The van der Waals surface area contributed by atoms with Gasteiger partial charge in [0.2, 0.25) is 0 Å². The van der Waals surface area contributed by atoms with Gasteiger partial charge in [0, 0.05) is 6.04 Å². The molecule has 0 aromatic carbocycles. The Morgan fingerprint density at radius 2 is 2.56 bits per heavy atom. The number of aromatic nitrogens is 1. The molecule has 0 bridgehead atoms. The molecular weight excluding hydrogens is 112 g/mol. The molecule has 0 saturated heterocycles. The minimum atomic E-state index is 0.0162. The molecule has 1 rings (SSSR count). The molecule has 1 unspecified atom stereocenters. The van der Waals surface area contributed by atoms with E-state index in [-0.39, 0.29) is 6.04 Å². The van der Waals surface area contributed by atoms with E-state index in [0.29, 0.717) is 0 Å². The third-order valence-corrected chi connectivity index (χ3v) is 1.10. The van der Waals surface area contributed by atoms with Crippen LogP contribution in [0.15, 0.2) is 18.2 Å². The van der Waals surface area contributed by atoms with Crippen LogP contribution in [0.4, 0.5) is 0 Å². The average molecular weight is 121 g/mol. The second-order valence-electron chi connectivity index (χ2n) is 1.98. The monoisotopic (exact) mass is 121 g/mol. The van der Waals surface area contributed by atoms with Gasteiger partial charge in [-0.05, 0) is 19.1 Å². The molecule has 0 aliphatic carbocycles. The van der Waals surface area contributed by atoms with E-state index in [2.05, 4.69) is 11.2 Å². The van der Waals surface area contributed by atoms with E-state index in [1.165, 1.54) is 0 Å². The number of rotatable bonds is 1. The summed E-state index contributed by atoms with van der Waals surface area (Å²) in [5.74, 6) is 0. The van der Waals surface area contributed by atoms with E-state index in [9.17, 15) is 0 Å². The van der Waals surface area contributed by atoms with Crippen LogP contribution in [0.5, 0.6) is 0 Å². The lowest BCUT2D eigenvalue weighted by atomic mass is 10.2. The van der Waals surface area contributed by atoms with Crippen LogP contribution in [0.25, 0.3) is 0 Å². The molecule has 0 saturated carbocycles. The lowest BCUT2D eigenvalue weighted by molar-refractivity contribution is 0.780. The van der Waals surface area contributed by atoms with E-state index >= 15 is 0 Å². The summed E-state index contributed by atoms with van der Waals surface area (Å²) < 4.78 is 0. The quantitative estimate of drug-likeness (QED) is 0.599. The van der Waals surface area contributed by atoms with Crippen molar-refractivity contribution in [1.82, 2.24) is 4.98 Å². The lowest BCUT2D eigenvalue weighted by Crippen LogP contribution is -2.06. The standard InChI is InChI=1S/C7H9N2/c1-6(8)7-4-2-3-5-9-7/h2-4,6H,8H2,1H3. The Kier molecular flexibility index (Phi) is 1.80. The predicted octanol–water partition coefficient (Wildman–Crippen LogP) is 0.901. The van der Waals surface area contributed by atoms with Gasteiger partial charge in [-0.15, -0.1) is 0 Å². The van der Waals surface area contributed by atoms with Crippen LogP contribution in [0.2, 0.25) is 0 Å². The van der Waals surface area contributed by atoms with Crippen LogP contribution in [-0.2, 0) is 0 Å². The molecule has 0 fully saturated rings. The average Bonchev–Trinajstić information content (AvgIpc) is 1.90. The zero-order valence-electron chi connectivity index (χ0n) is 5.33. The van der Waals surface area contributed by atoms with Gasteiger partial charge >= 0.3 is 0 Å². The fraction of sp³-hybridized carbons (Fsp3) is 0.286. The van der Waals surface area contributed by atoms with Crippen molar-refractivity contribution in [2.45, 2.75) is 13.0 Å². The fourth-order valence-corrected chi connectivity index (χ4v) is 0.592. The molecule has 1 atom stereocenters. The third-order valence-electron chi connectivity index (χ3n) is 1.10. The number of hydrogen-bond donors (Lipinski definition) is 1. The maximum atomic E-state index is 5.53. The van der Waals surface area contributed by atoms with E-state index in [1.807, 2.05) is 19.1 Å². The first kappa shape index (κ1) is 6.23. The molecule has 0 aliphatic heterocycles. The highest BCUT2D eigenvalue weighted by Crippen LogP contribution is 2.01. The van der Waals surface area contributed by atoms with E-state index in [1.54, 1.807) is 6.07 Å². The minimum absolute atomic E-state index is 0.0162. The highest BCUT2D eigenvalue weighted by Gasteiger charge is 1.95. The molecule has 2 heteroatoms. The molecule has 2 N–H and O–H groups in total. The smallest absolute Gasteiger partial charge is 0.0890 e. The molecule has 0 spiro atoms. The third kappa shape index (κ3) is 1.50. The van der Waals surface area contributed by atoms with E-state index < -0.39 is 0 Å². The second kappa shape index (κ2) is 2.60. The van der Waals surface area contributed by atoms with Crippen LogP contribution in [0.3, 0.4) is 0 Å². The molecule has 1 heterocycles. The van der Waals surface area contributed by atoms with Gasteiger partial charge in [0.15, 0.2) is 0 Å². The Labute approximate surface area is 54.7 Å². The van der Waals surface area contributed by atoms with Crippen LogP contribution in [0.1, 0.15) is 18.7 Å². The van der Waals surface area contributed by atoms with E-state index in [0.717, 1.165) is 5.69 Å². The summed E-state index contributed by atoms with van der Waals surface area (Å²) in [7, 11) is 0. The normalized spacial score (nSPS) is 13.1. The Bertz CT molecular complexity index is 170. The molecule has 2 nitrogen and oxygen atoms in total. The molecule has 1 aromatic rings. The van der Waals surface area contributed by atoms with Gasteiger partial charge in [-0.2, -0.15) is 0 Å². The van der Waals surface area contributed by atoms with Gasteiger partial charge in [0.1, 0.15) is 0 Å². The molecule has 9 heavy (non-hydrogen) atoms. The molecule has 0 aliphatic rings. The topological polar surface area (TPSA) is 38.9 Å². The van der Waals surface area contributed by atoms with Gasteiger partial charge in [-0.25, -0.2) is 4.98 Å². The summed E-state index contributed by atoms with van der Waals surface area (Å²) in [4.78, 5) is 3.93. The zero-order valence-corrected chi connectivity index (χ0v) is 5.33. The summed E-state index contributed by atoms with van der Waals surface area (Å²) in [5.41, 5.74) is 6.42. The molecule has 1 radical (unpaired) electrons. The van der Waals surface area contributed by atoms with E-state index in [4.69, 9.17) is 5.73 Å². The maximum Gasteiger partial charge on any atom is 0.0890 e. The Morgan fingerprint density at radius 1 is 1.78 bits per heavy atom. The van der Waals surface area contributed by atoms with Crippen LogP contribution in [-0.4, -0.2) is 4.98 Å². The van der Waals surface area contributed by atoms with Crippen LogP contribution >= 0.6 is 0 Å². The second-order valence-corrected chi connectivity index (χ2v) is 1.98. The predicted molar refractivity (Wildman–Crippen MR) is 35.7 cm³/mol. The molecular formula is C7H9N2. The summed E-state index contributed by atoms with van der Waals surface area (Å²) in [6.07, 6.45) is 2.71. The summed E-state index contributed by atoms with van der Waals surface area (Å²) in [6.45, 7) is 1.90. The highest BCUT2D eigenvalue weighted by atomic mass is 14.7. The van der Waals surface area contributed by atoms with Gasteiger partial charge < -0.3 is 5.73 Å². The van der Waals surface area contributed by atoms with Crippen molar-refractivity contribution in [2.75, 3.05) is 0 Å². The van der Waals surface area contributed by atoms with Crippen molar-refractivity contribution in [3.8, 4) is 0 Å². The van der Waals surface area contributed by atoms with Crippen molar-refractivity contribution in [2.24, 2.45) is 5.73 Å². The fourth-order valence-electron chi connectivity index (χ4n) is 0.592. The Morgan fingerprint density at radius 3 is 2.89 bits per heavy atom. The summed E-state index contributed by atoms with van der Waals surface area (Å²) in [5, 5.41) is 0. The summed E-state index contributed by atoms with van der Waals surface area (Å²) >= 11 is 0. The first-order valence-electron chi connectivity index (χ1n) is 2.89. The van der Waals surface area contributed by atoms with Crippen LogP contribution < -0.4 is 5.73 Å². The number of nitrogens with two attached hydrogens (primary N) is 1. The first-order chi connectivity index (χ1) is 4.30. The van der Waals surface area contributed by atoms with Crippen LogP contribution in [0, 0.1) is 6.20 Å². The number of nitrogens with zero attached hydrogens (tertiary/aromatic N) is 1. The molecule has 47 valence electrons. The Balaban J connectivity index is 2.85. The highest BCUT2D eigenvalue weighted by molar-refractivity contribution is 5.05.